The second-order valence-corrected chi connectivity index (χ2v) is 19.5. The van der Waals surface area contributed by atoms with Gasteiger partial charge in [0.1, 0.15) is 13.2 Å². The molecule has 0 aliphatic carbocycles. The fourth-order valence-electron chi connectivity index (χ4n) is 8.29. The molecule has 0 aromatic rings. The van der Waals surface area contributed by atoms with Gasteiger partial charge in [-0.05, 0) is 89.9 Å². The molecule has 6 nitrogen and oxygen atoms in total. The molecule has 6 heteroatoms. The maximum Gasteiger partial charge on any atom is 0.306 e. The second kappa shape index (κ2) is 57.4. The standard InChI is InChI=1S/C63H110O6/c1-4-7-10-13-16-19-22-25-27-29-31-32-33-35-36-38-41-44-47-50-53-56-62(65)68-59-60(58-67-61(64)55-52-49-46-43-40-24-21-18-15-12-9-6-3)69-63(66)57-54-51-48-45-42-39-37-34-30-28-26-23-20-17-14-11-8-5-2/h7,10,16,18-19,21,25,27,31-32,35-36,60H,4-6,8-9,11-15,17,20,22-24,26,28-30,33-34,37-59H2,1-3H3/b10-7-,19-16-,21-18-,27-25-,32-31-,36-35-. The van der Waals surface area contributed by atoms with Gasteiger partial charge in [-0.25, -0.2) is 0 Å². The first-order valence-electron chi connectivity index (χ1n) is 29.4. The molecular formula is C63H110O6. The van der Waals surface area contributed by atoms with Crippen molar-refractivity contribution in [3.8, 4) is 0 Å². The highest BCUT2D eigenvalue weighted by atomic mass is 16.6. The van der Waals surface area contributed by atoms with Crippen molar-refractivity contribution in [3.63, 3.8) is 0 Å². The Balaban J connectivity index is 4.37. The number of carbonyl (C=O) groups is 3. The average molecular weight is 964 g/mol. The van der Waals surface area contributed by atoms with E-state index in [1.807, 2.05) is 0 Å². The quantitative estimate of drug-likeness (QED) is 0.0262. The van der Waals surface area contributed by atoms with E-state index in [0.717, 1.165) is 116 Å². The van der Waals surface area contributed by atoms with Crippen LogP contribution in [0.5, 0.6) is 0 Å². The maximum atomic E-state index is 12.9. The summed E-state index contributed by atoms with van der Waals surface area (Å²) in [4.78, 5) is 38.2. The minimum absolute atomic E-state index is 0.0839. The van der Waals surface area contributed by atoms with Gasteiger partial charge in [-0.15, -0.1) is 0 Å². The topological polar surface area (TPSA) is 78.9 Å². The molecule has 0 aliphatic heterocycles. The summed E-state index contributed by atoms with van der Waals surface area (Å²) in [7, 11) is 0. The number of hydrogen-bond donors (Lipinski definition) is 0. The predicted molar refractivity (Wildman–Crippen MR) is 298 cm³/mol. The van der Waals surface area contributed by atoms with Crippen LogP contribution in [0.3, 0.4) is 0 Å². The van der Waals surface area contributed by atoms with Crippen LogP contribution in [0, 0.1) is 0 Å². The van der Waals surface area contributed by atoms with Crippen LogP contribution in [0.2, 0.25) is 0 Å². The van der Waals surface area contributed by atoms with E-state index < -0.39 is 6.10 Å². The molecule has 0 spiro atoms. The summed E-state index contributed by atoms with van der Waals surface area (Å²) in [5.41, 5.74) is 0. The molecule has 0 bridgehead atoms. The zero-order chi connectivity index (χ0) is 50.0. The molecule has 0 saturated carbocycles. The Morgan fingerprint density at radius 1 is 0.304 bits per heavy atom. The van der Waals surface area contributed by atoms with Gasteiger partial charge in [0.05, 0.1) is 0 Å². The van der Waals surface area contributed by atoms with Crippen molar-refractivity contribution in [1.82, 2.24) is 0 Å². The fourth-order valence-corrected chi connectivity index (χ4v) is 8.29. The third kappa shape index (κ3) is 55.6. The Morgan fingerprint density at radius 3 is 0.928 bits per heavy atom. The number of rotatable bonds is 53. The van der Waals surface area contributed by atoms with E-state index >= 15 is 0 Å². The van der Waals surface area contributed by atoms with E-state index in [-0.39, 0.29) is 31.1 Å². The van der Waals surface area contributed by atoms with Gasteiger partial charge in [0.15, 0.2) is 6.10 Å². The zero-order valence-electron chi connectivity index (χ0n) is 45.6. The van der Waals surface area contributed by atoms with Gasteiger partial charge in [-0.2, -0.15) is 0 Å². The first-order valence-corrected chi connectivity index (χ1v) is 29.4. The van der Waals surface area contributed by atoms with Crippen LogP contribution in [0.4, 0.5) is 0 Å². The Morgan fingerprint density at radius 2 is 0.565 bits per heavy atom. The summed E-state index contributed by atoms with van der Waals surface area (Å²) < 4.78 is 16.9. The smallest absolute Gasteiger partial charge is 0.306 e. The van der Waals surface area contributed by atoms with Crippen molar-refractivity contribution in [2.45, 2.75) is 297 Å². The number of ether oxygens (including phenoxy) is 3. The average Bonchev–Trinajstić information content (AvgIpc) is 3.35. The van der Waals surface area contributed by atoms with Crippen molar-refractivity contribution in [2.75, 3.05) is 13.2 Å². The largest absolute Gasteiger partial charge is 0.462 e. The molecule has 0 radical (unpaired) electrons. The first-order chi connectivity index (χ1) is 34.0. The molecule has 1 unspecified atom stereocenters. The van der Waals surface area contributed by atoms with Gasteiger partial charge in [-0.3, -0.25) is 14.4 Å². The summed E-state index contributed by atoms with van der Waals surface area (Å²) >= 11 is 0. The number of carbonyl (C=O) groups excluding carboxylic acids is 3. The Bertz CT molecular complexity index is 1290. The summed E-state index contributed by atoms with van der Waals surface area (Å²) in [6, 6.07) is 0. The highest BCUT2D eigenvalue weighted by molar-refractivity contribution is 5.71. The van der Waals surface area contributed by atoms with Gasteiger partial charge in [0, 0.05) is 19.3 Å². The normalized spacial score (nSPS) is 12.6. The molecule has 0 aromatic heterocycles. The molecule has 0 heterocycles. The first kappa shape index (κ1) is 65.8. The fraction of sp³-hybridized carbons (Fsp3) is 0.762. The minimum Gasteiger partial charge on any atom is -0.462 e. The van der Waals surface area contributed by atoms with Crippen LogP contribution in [0.1, 0.15) is 290 Å². The lowest BCUT2D eigenvalue weighted by atomic mass is 10.0. The lowest BCUT2D eigenvalue weighted by Gasteiger charge is -2.18. The Kier molecular flexibility index (Phi) is 54.8. The third-order valence-electron chi connectivity index (χ3n) is 12.7. The van der Waals surface area contributed by atoms with Crippen molar-refractivity contribution in [3.05, 3.63) is 72.9 Å². The molecule has 0 N–H and O–H groups in total. The van der Waals surface area contributed by atoms with Gasteiger partial charge < -0.3 is 14.2 Å². The van der Waals surface area contributed by atoms with Crippen LogP contribution >= 0.6 is 0 Å². The second-order valence-electron chi connectivity index (χ2n) is 19.5. The van der Waals surface area contributed by atoms with Crippen molar-refractivity contribution >= 4 is 17.9 Å². The highest BCUT2D eigenvalue weighted by Gasteiger charge is 2.19. The molecule has 0 aromatic carbocycles. The summed E-state index contributed by atoms with van der Waals surface area (Å²) in [5, 5.41) is 0. The number of hydrogen-bond acceptors (Lipinski definition) is 6. The van der Waals surface area contributed by atoms with Crippen LogP contribution < -0.4 is 0 Å². The van der Waals surface area contributed by atoms with Gasteiger partial charge in [-0.1, -0.05) is 254 Å². The van der Waals surface area contributed by atoms with Gasteiger partial charge in [0.25, 0.3) is 0 Å². The van der Waals surface area contributed by atoms with E-state index in [1.165, 1.54) is 135 Å². The number of unbranched alkanes of at least 4 members (excludes halogenated alkanes) is 30. The summed E-state index contributed by atoms with van der Waals surface area (Å²) in [6.07, 6.45) is 73.2. The molecule has 0 fully saturated rings. The molecule has 398 valence electrons. The molecule has 0 rings (SSSR count). The lowest BCUT2D eigenvalue weighted by Crippen LogP contribution is -2.30. The van der Waals surface area contributed by atoms with Crippen molar-refractivity contribution < 1.29 is 28.6 Å². The number of allylic oxidation sites excluding steroid dienone is 12. The summed E-state index contributed by atoms with van der Waals surface area (Å²) in [6.45, 7) is 6.51. The van der Waals surface area contributed by atoms with Crippen molar-refractivity contribution in [1.29, 1.82) is 0 Å². The van der Waals surface area contributed by atoms with Crippen molar-refractivity contribution in [2.24, 2.45) is 0 Å². The molecule has 0 saturated heterocycles. The lowest BCUT2D eigenvalue weighted by molar-refractivity contribution is -0.167. The van der Waals surface area contributed by atoms with E-state index in [4.69, 9.17) is 14.2 Å². The monoisotopic (exact) mass is 963 g/mol. The maximum absolute atomic E-state index is 12.9. The van der Waals surface area contributed by atoms with Gasteiger partial charge >= 0.3 is 17.9 Å². The molecule has 69 heavy (non-hydrogen) atoms. The minimum atomic E-state index is -0.785. The van der Waals surface area contributed by atoms with Crippen LogP contribution in [-0.2, 0) is 28.6 Å². The molecule has 0 amide bonds. The van der Waals surface area contributed by atoms with E-state index in [1.54, 1.807) is 0 Å². The van der Waals surface area contributed by atoms with E-state index in [9.17, 15) is 14.4 Å². The predicted octanol–water partition coefficient (Wildman–Crippen LogP) is 19.8. The SMILES string of the molecule is CC/C=C\C/C=C\C/C=C\C/C=C\C/C=C\CCCCCCCC(=O)OCC(COC(=O)CCCCCCC/C=C\CCCCC)OC(=O)CCCCCCCCCCCCCCCCCCCC. The highest BCUT2D eigenvalue weighted by Crippen LogP contribution is 2.16. The molecular weight excluding hydrogens is 853 g/mol. The Labute approximate surface area is 427 Å². The van der Waals surface area contributed by atoms with Crippen LogP contribution in [0.25, 0.3) is 0 Å². The van der Waals surface area contributed by atoms with Crippen LogP contribution in [0.15, 0.2) is 72.9 Å². The Hall–Kier alpha value is -3.15. The third-order valence-corrected chi connectivity index (χ3v) is 12.7. The van der Waals surface area contributed by atoms with E-state index in [0.29, 0.717) is 19.3 Å². The molecule has 0 aliphatic rings. The zero-order valence-corrected chi connectivity index (χ0v) is 45.6. The van der Waals surface area contributed by atoms with Crippen LogP contribution in [-0.4, -0.2) is 37.2 Å². The number of esters is 3. The molecule has 1 atom stereocenters. The van der Waals surface area contributed by atoms with E-state index in [2.05, 4.69) is 93.7 Å². The summed E-state index contributed by atoms with van der Waals surface area (Å²) in [5.74, 6) is -0.900. The van der Waals surface area contributed by atoms with Gasteiger partial charge in [0.2, 0.25) is 0 Å².